The molecular formula is C12H15N3O. The van der Waals surface area contributed by atoms with E-state index in [4.69, 9.17) is 5.41 Å². The van der Waals surface area contributed by atoms with Crippen LogP contribution in [0, 0.1) is 5.41 Å². The highest BCUT2D eigenvalue weighted by molar-refractivity contribution is 6.05. The Morgan fingerprint density at radius 3 is 2.31 bits per heavy atom. The zero-order chi connectivity index (χ0) is 11.7. The second kappa shape index (κ2) is 3.96. The second-order valence-corrected chi connectivity index (χ2v) is 4.27. The summed E-state index contributed by atoms with van der Waals surface area (Å²) in [5, 5.41) is 12.7. The van der Waals surface area contributed by atoms with E-state index in [1.807, 2.05) is 24.3 Å². The van der Waals surface area contributed by atoms with E-state index in [0.717, 1.165) is 5.56 Å². The Hall–Kier alpha value is -1.84. The number of rotatable bonds is 2. The van der Waals surface area contributed by atoms with Crippen molar-refractivity contribution in [1.29, 1.82) is 5.41 Å². The molecule has 1 aromatic carbocycles. The van der Waals surface area contributed by atoms with Gasteiger partial charge in [0.2, 0.25) is 0 Å². The van der Waals surface area contributed by atoms with Gasteiger partial charge in [0.25, 0.3) is 0 Å². The molecule has 0 bridgehead atoms. The summed E-state index contributed by atoms with van der Waals surface area (Å²) in [6.07, 6.45) is 0. The van der Waals surface area contributed by atoms with Gasteiger partial charge in [0.1, 0.15) is 11.9 Å². The normalized spacial score (nSPS) is 19.8. The van der Waals surface area contributed by atoms with Crippen LogP contribution in [0.2, 0.25) is 0 Å². The van der Waals surface area contributed by atoms with Crippen molar-refractivity contribution in [2.45, 2.75) is 25.8 Å². The lowest BCUT2D eigenvalue weighted by Crippen LogP contribution is -2.22. The number of hydrogen-bond acceptors (Lipinski definition) is 2. The zero-order valence-corrected chi connectivity index (χ0v) is 9.37. The van der Waals surface area contributed by atoms with Crippen LogP contribution >= 0.6 is 0 Å². The van der Waals surface area contributed by atoms with Crippen LogP contribution in [0.3, 0.4) is 0 Å². The summed E-state index contributed by atoms with van der Waals surface area (Å²) in [5.74, 6) is 0.701. The maximum absolute atomic E-state index is 11.0. The summed E-state index contributed by atoms with van der Waals surface area (Å²) >= 11 is 0. The molecular weight excluding hydrogens is 202 g/mol. The summed E-state index contributed by atoms with van der Waals surface area (Å²) in [6, 6.07) is 7.37. The largest absolute Gasteiger partial charge is 0.324 e. The molecule has 1 aliphatic heterocycles. The Morgan fingerprint density at radius 1 is 1.25 bits per heavy atom. The third kappa shape index (κ3) is 1.91. The van der Waals surface area contributed by atoms with Gasteiger partial charge >= 0.3 is 6.03 Å². The predicted molar refractivity (Wildman–Crippen MR) is 62.7 cm³/mol. The fourth-order valence-corrected chi connectivity index (χ4v) is 1.76. The zero-order valence-electron chi connectivity index (χ0n) is 9.37. The lowest BCUT2D eigenvalue weighted by molar-refractivity contribution is 0.248. The van der Waals surface area contributed by atoms with Crippen molar-refractivity contribution in [3.63, 3.8) is 0 Å². The molecule has 0 spiro atoms. The van der Waals surface area contributed by atoms with Crippen molar-refractivity contribution in [1.82, 2.24) is 10.6 Å². The number of amides is 2. The molecule has 1 atom stereocenters. The van der Waals surface area contributed by atoms with Gasteiger partial charge in [-0.05, 0) is 17.0 Å². The quantitative estimate of drug-likeness (QED) is 0.698. The van der Waals surface area contributed by atoms with Gasteiger partial charge in [-0.25, -0.2) is 4.79 Å². The van der Waals surface area contributed by atoms with Crippen LogP contribution < -0.4 is 10.6 Å². The first-order valence-electron chi connectivity index (χ1n) is 5.33. The van der Waals surface area contributed by atoms with Gasteiger partial charge in [0.05, 0.1) is 0 Å². The molecule has 2 rings (SSSR count). The maximum atomic E-state index is 11.0. The molecule has 4 nitrogen and oxygen atoms in total. The van der Waals surface area contributed by atoms with Crippen LogP contribution in [0.4, 0.5) is 4.79 Å². The van der Waals surface area contributed by atoms with Gasteiger partial charge in [0, 0.05) is 0 Å². The monoisotopic (exact) mass is 217 g/mol. The number of hydrogen-bond donors (Lipinski definition) is 3. The Labute approximate surface area is 94.6 Å². The first-order chi connectivity index (χ1) is 7.58. The highest BCUT2D eigenvalue weighted by Gasteiger charge is 2.27. The first-order valence-corrected chi connectivity index (χ1v) is 5.33. The summed E-state index contributed by atoms with van der Waals surface area (Å²) < 4.78 is 0. The SMILES string of the molecule is CC(C)c1ccc(C2NC(=O)NC2=N)cc1. The molecule has 0 saturated carbocycles. The van der Waals surface area contributed by atoms with Crippen molar-refractivity contribution in [2.75, 3.05) is 0 Å². The number of carbonyl (C=O) groups excluding carboxylic acids is 1. The summed E-state index contributed by atoms with van der Waals surface area (Å²) in [7, 11) is 0. The van der Waals surface area contributed by atoms with Crippen molar-refractivity contribution in [2.24, 2.45) is 0 Å². The number of urea groups is 1. The van der Waals surface area contributed by atoms with Gasteiger partial charge in [0.15, 0.2) is 0 Å². The molecule has 16 heavy (non-hydrogen) atoms. The number of nitrogens with one attached hydrogen (secondary N) is 3. The molecule has 1 fully saturated rings. The van der Waals surface area contributed by atoms with E-state index >= 15 is 0 Å². The first kappa shape index (κ1) is 10.7. The Bertz CT molecular complexity index is 422. The van der Waals surface area contributed by atoms with Crippen molar-refractivity contribution in [3.8, 4) is 0 Å². The molecule has 3 N–H and O–H groups in total. The van der Waals surface area contributed by atoms with Crippen LogP contribution in [-0.2, 0) is 0 Å². The number of carbonyl (C=O) groups is 1. The van der Waals surface area contributed by atoms with Crippen LogP contribution in [0.5, 0.6) is 0 Å². The maximum Gasteiger partial charge on any atom is 0.321 e. The lowest BCUT2D eigenvalue weighted by atomic mass is 9.99. The van der Waals surface area contributed by atoms with Gasteiger partial charge < -0.3 is 5.32 Å². The lowest BCUT2D eigenvalue weighted by Gasteiger charge is -2.11. The molecule has 1 saturated heterocycles. The van der Waals surface area contributed by atoms with Crippen LogP contribution in [0.25, 0.3) is 0 Å². The average Bonchev–Trinajstić information content (AvgIpc) is 2.58. The van der Waals surface area contributed by atoms with Crippen LogP contribution in [-0.4, -0.2) is 11.9 Å². The highest BCUT2D eigenvalue weighted by Crippen LogP contribution is 2.20. The van der Waals surface area contributed by atoms with E-state index in [2.05, 4.69) is 24.5 Å². The number of benzene rings is 1. The standard InChI is InChI=1S/C12H15N3O/c1-7(2)8-3-5-9(6-4-8)10-11(13)15-12(16)14-10/h3-7,10H,1-2H3,(H3,13,14,15,16). The molecule has 4 heteroatoms. The molecule has 1 unspecified atom stereocenters. The second-order valence-electron chi connectivity index (χ2n) is 4.27. The fourth-order valence-electron chi connectivity index (χ4n) is 1.76. The smallest absolute Gasteiger partial charge is 0.321 e. The Balaban J connectivity index is 2.22. The van der Waals surface area contributed by atoms with Crippen molar-refractivity contribution < 1.29 is 4.79 Å². The molecule has 0 aliphatic carbocycles. The highest BCUT2D eigenvalue weighted by atomic mass is 16.2. The minimum atomic E-state index is -0.325. The Kier molecular flexibility index (Phi) is 2.64. The van der Waals surface area contributed by atoms with Gasteiger partial charge in [-0.1, -0.05) is 38.1 Å². The summed E-state index contributed by atoms with van der Waals surface area (Å²) in [5.41, 5.74) is 2.19. The molecule has 84 valence electrons. The van der Waals surface area contributed by atoms with E-state index in [0.29, 0.717) is 5.92 Å². The van der Waals surface area contributed by atoms with Gasteiger partial charge in [-0.15, -0.1) is 0 Å². The molecule has 0 aromatic heterocycles. The summed E-state index contributed by atoms with van der Waals surface area (Å²) in [4.78, 5) is 11.0. The fraction of sp³-hybridized carbons (Fsp3) is 0.333. The minimum absolute atomic E-state index is 0.210. The molecule has 1 aliphatic rings. The van der Waals surface area contributed by atoms with E-state index in [1.165, 1.54) is 5.56 Å². The third-order valence-electron chi connectivity index (χ3n) is 2.75. The molecule has 2 amide bonds. The van der Waals surface area contributed by atoms with Crippen LogP contribution in [0.1, 0.15) is 36.9 Å². The molecule has 1 heterocycles. The minimum Gasteiger partial charge on any atom is -0.324 e. The van der Waals surface area contributed by atoms with E-state index in [1.54, 1.807) is 0 Å². The summed E-state index contributed by atoms with van der Waals surface area (Å²) in [6.45, 7) is 4.27. The van der Waals surface area contributed by atoms with E-state index in [9.17, 15) is 4.79 Å². The molecule has 1 aromatic rings. The topological polar surface area (TPSA) is 65.0 Å². The average molecular weight is 217 g/mol. The molecule has 0 radical (unpaired) electrons. The van der Waals surface area contributed by atoms with E-state index in [-0.39, 0.29) is 17.9 Å². The van der Waals surface area contributed by atoms with Crippen LogP contribution in [0.15, 0.2) is 24.3 Å². The van der Waals surface area contributed by atoms with E-state index < -0.39 is 0 Å². The van der Waals surface area contributed by atoms with Crippen molar-refractivity contribution in [3.05, 3.63) is 35.4 Å². The van der Waals surface area contributed by atoms with Crippen molar-refractivity contribution >= 4 is 11.9 Å². The Morgan fingerprint density at radius 2 is 1.88 bits per heavy atom. The third-order valence-corrected chi connectivity index (χ3v) is 2.75. The van der Waals surface area contributed by atoms with Gasteiger partial charge in [-0.2, -0.15) is 0 Å². The van der Waals surface area contributed by atoms with Gasteiger partial charge in [-0.3, -0.25) is 10.7 Å². The predicted octanol–water partition coefficient (Wildman–Crippen LogP) is 2.14. The number of amidine groups is 1.